The van der Waals surface area contributed by atoms with E-state index in [9.17, 15) is 0 Å². The summed E-state index contributed by atoms with van der Waals surface area (Å²) in [5.74, 6) is 0. The van der Waals surface area contributed by atoms with Gasteiger partial charge in [-0.2, -0.15) is 5.10 Å². The zero-order valence-corrected chi connectivity index (χ0v) is 11.2. The predicted octanol–water partition coefficient (Wildman–Crippen LogP) is 3.93. The first-order chi connectivity index (χ1) is 7.56. The Hall–Kier alpha value is -0.420. The number of nitrogens with zero attached hydrogens (tertiary/aromatic N) is 3. The van der Waals surface area contributed by atoms with Gasteiger partial charge in [0.05, 0.1) is 21.1 Å². The maximum Gasteiger partial charge on any atom is 0.149 e. The van der Waals surface area contributed by atoms with Gasteiger partial charge in [0.2, 0.25) is 0 Å². The first-order valence-corrected chi connectivity index (χ1v) is 6.19. The Kier molecular flexibility index (Phi) is 3.64. The van der Waals surface area contributed by atoms with Crippen molar-refractivity contribution in [2.24, 2.45) is 7.05 Å². The van der Waals surface area contributed by atoms with Crippen LogP contribution in [-0.4, -0.2) is 14.8 Å². The molecule has 0 radical (unpaired) electrons. The molecule has 0 aromatic carbocycles. The number of aryl methyl sites for hydroxylation is 1. The lowest BCUT2D eigenvalue weighted by molar-refractivity contribution is 0.766. The van der Waals surface area contributed by atoms with Gasteiger partial charge in [-0.05, 0) is 6.07 Å². The van der Waals surface area contributed by atoms with E-state index in [4.69, 9.17) is 34.8 Å². The summed E-state index contributed by atoms with van der Waals surface area (Å²) in [7, 11) is 1.84. The second-order valence-corrected chi connectivity index (χ2v) is 5.23. The fourth-order valence-electron chi connectivity index (χ4n) is 1.06. The molecule has 3 nitrogen and oxygen atoms in total. The van der Waals surface area contributed by atoms with E-state index in [1.54, 1.807) is 16.9 Å². The summed E-state index contributed by atoms with van der Waals surface area (Å²) in [5.41, 5.74) is 0. The first kappa shape index (κ1) is 12.0. The first-order valence-electron chi connectivity index (χ1n) is 4.24. The van der Waals surface area contributed by atoms with E-state index >= 15 is 0 Å². The highest BCUT2D eigenvalue weighted by Gasteiger charge is 2.10. The van der Waals surface area contributed by atoms with Gasteiger partial charge in [0.25, 0.3) is 0 Å². The van der Waals surface area contributed by atoms with Gasteiger partial charge in [-0.1, -0.05) is 46.6 Å². The molecule has 0 saturated heterocycles. The van der Waals surface area contributed by atoms with Crippen LogP contribution in [0.5, 0.6) is 0 Å². The average Bonchev–Trinajstić information content (AvgIpc) is 2.60. The van der Waals surface area contributed by atoms with E-state index < -0.39 is 0 Å². The third-order valence-corrected chi connectivity index (χ3v) is 3.77. The summed E-state index contributed by atoms with van der Waals surface area (Å²) in [5, 5.41) is 5.74. The Balaban J connectivity index is 2.31. The molecule has 0 aliphatic rings. The molecular weight excluding hydrogens is 289 g/mol. The summed E-state index contributed by atoms with van der Waals surface area (Å²) in [6.07, 6.45) is 3.59. The molecule has 0 bridgehead atoms. The maximum absolute atomic E-state index is 6.00. The number of hydrogen-bond donors (Lipinski definition) is 0. The third-order valence-electron chi connectivity index (χ3n) is 1.75. The van der Waals surface area contributed by atoms with Crippen molar-refractivity contribution in [1.82, 2.24) is 14.8 Å². The Bertz CT molecular complexity index is 527. The molecule has 2 aromatic rings. The largest absolute Gasteiger partial charge is 0.275 e. The van der Waals surface area contributed by atoms with Crippen molar-refractivity contribution in [3.05, 3.63) is 33.7 Å². The van der Waals surface area contributed by atoms with E-state index in [2.05, 4.69) is 10.1 Å². The van der Waals surface area contributed by atoms with Crippen LogP contribution >= 0.6 is 46.6 Å². The van der Waals surface area contributed by atoms with Crippen LogP contribution in [0, 0.1) is 0 Å². The lowest BCUT2D eigenvalue weighted by Crippen LogP contribution is -1.85. The van der Waals surface area contributed by atoms with Crippen LogP contribution in [0.3, 0.4) is 0 Å². The molecule has 84 valence electrons. The molecule has 2 aromatic heterocycles. The molecule has 0 N–H and O–H groups in total. The number of halogens is 3. The topological polar surface area (TPSA) is 30.7 Å². The van der Waals surface area contributed by atoms with Gasteiger partial charge in [-0.25, -0.2) is 4.98 Å². The average molecular weight is 295 g/mol. The SMILES string of the molecule is Cn1cc(Sc2nc(Cl)c(Cl)cc2Cl)cn1. The van der Waals surface area contributed by atoms with E-state index in [0.717, 1.165) is 4.90 Å². The lowest BCUT2D eigenvalue weighted by atomic mass is 10.5. The molecule has 7 heteroatoms. The van der Waals surface area contributed by atoms with Gasteiger partial charge in [0.15, 0.2) is 0 Å². The summed E-state index contributed by atoms with van der Waals surface area (Å²) in [6, 6.07) is 1.58. The minimum Gasteiger partial charge on any atom is -0.275 e. The maximum atomic E-state index is 6.00. The fourth-order valence-corrected chi connectivity index (χ4v) is 2.55. The van der Waals surface area contributed by atoms with E-state index in [1.165, 1.54) is 11.8 Å². The van der Waals surface area contributed by atoms with Crippen LogP contribution < -0.4 is 0 Å². The summed E-state index contributed by atoms with van der Waals surface area (Å²) >= 11 is 19.0. The molecule has 0 amide bonds. The molecule has 2 heterocycles. The number of pyridine rings is 1. The van der Waals surface area contributed by atoms with Crippen molar-refractivity contribution >= 4 is 46.6 Å². The summed E-state index contributed by atoms with van der Waals surface area (Å²) in [4.78, 5) is 5.04. The Labute approximate surface area is 112 Å². The van der Waals surface area contributed by atoms with Crippen LogP contribution in [0.15, 0.2) is 28.4 Å². The smallest absolute Gasteiger partial charge is 0.149 e. The Morgan fingerprint density at radius 2 is 2.00 bits per heavy atom. The zero-order valence-electron chi connectivity index (χ0n) is 8.12. The van der Waals surface area contributed by atoms with Crippen molar-refractivity contribution in [3.8, 4) is 0 Å². The second-order valence-electron chi connectivity index (χ2n) is 3.00. The van der Waals surface area contributed by atoms with E-state index in [-0.39, 0.29) is 5.15 Å². The number of rotatable bonds is 2. The van der Waals surface area contributed by atoms with Gasteiger partial charge in [-0.15, -0.1) is 0 Å². The molecule has 0 aliphatic heterocycles. The highest BCUT2D eigenvalue weighted by molar-refractivity contribution is 7.99. The summed E-state index contributed by atoms with van der Waals surface area (Å²) < 4.78 is 1.70. The monoisotopic (exact) mass is 293 g/mol. The molecule has 0 atom stereocenters. The summed E-state index contributed by atoms with van der Waals surface area (Å²) in [6.45, 7) is 0. The molecule has 0 fully saturated rings. The lowest BCUT2D eigenvalue weighted by Gasteiger charge is -2.02. The number of hydrogen-bond acceptors (Lipinski definition) is 3. The van der Waals surface area contributed by atoms with Gasteiger partial charge >= 0.3 is 0 Å². The molecule has 0 spiro atoms. The standard InChI is InChI=1S/C9H6Cl3N3S/c1-15-4-5(3-13-15)16-9-7(11)2-6(10)8(12)14-9/h2-4H,1H3. The van der Waals surface area contributed by atoms with Gasteiger partial charge in [-0.3, -0.25) is 4.68 Å². The van der Waals surface area contributed by atoms with Crippen molar-refractivity contribution in [1.29, 1.82) is 0 Å². The van der Waals surface area contributed by atoms with Crippen molar-refractivity contribution in [3.63, 3.8) is 0 Å². The molecule has 2 rings (SSSR count). The minimum absolute atomic E-state index is 0.248. The van der Waals surface area contributed by atoms with Crippen LogP contribution in [0.1, 0.15) is 0 Å². The fraction of sp³-hybridized carbons (Fsp3) is 0.111. The Morgan fingerprint density at radius 3 is 2.62 bits per heavy atom. The van der Waals surface area contributed by atoms with Crippen LogP contribution in [-0.2, 0) is 7.05 Å². The molecule has 16 heavy (non-hydrogen) atoms. The molecule has 0 aliphatic carbocycles. The predicted molar refractivity (Wildman–Crippen MR) is 66.6 cm³/mol. The molecular formula is C9H6Cl3N3S. The highest BCUT2D eigenvalue weighted by Crippen LogP contribution is 2.35. The molecule has 0 saturated carbocycles. The van der Waals surface area contributed by atoms with Crippen LogP contribution in [0.2, 0.25) is 15.2 Å². The van der Waals surface area contributed by atoms with Gasteiger partial charge in [0.1, 0.15) is 10.2 Å². The van der Waals surface area contributed by atoms with Crippen LogP contribution in [0.4, 0.5) is 0 Å². The minimum atomic E-state index is 0.248. The van der Waals surface area contributed by atoms with Crippen LogP contribution in [0.25, 0.3) is 0 Å². The van der Waals surface area contributed by atoms with Gasteiger partial charge in [0, 0.05) is 13.2 Å². The quantitative estimate of drug-likeness (QED) is 0.786. The highest BCUT2D eigenvalue weighted by atomic mass is 35.5. The molecule has 0 unspecified atom stereocenters. The van der Waals surface area contributed by atoms with Crippen molar-refractivity contribution in [2.75, 3.05) is 0 Å². The third kappa shape index (κ3) is 2.63. The van der Waals surface area contributed by atoms with E-state index in [0.29, 0.717) is 15.1 Å². The van der Waals surface area contributed by atoms with Crippen molar-refractivity contribution < 1.29 is 0 Å². The van der Waals surface area contributed by atoms with Crippen molar-refractivity contribution in [2.45, 2.75) is 9.92 Å². The second kappa shape index (κ2) is 4.84. The van der Waals surface area contributed by atoms with E-state index in [1.807, 2.05) is 13.2 Å². The number of aromatic nitrogens is 3. The Morgan fingerprint density at radius 1 is 1.25 bits per heavy atom. The normalized spacial score (nSPS) is 10.8. The van der Waals surface area contributed by atoms with Gasteiger partial charge < -0.3 is 0 Å². The zero-order chi connectivity index (χ0) is 11.7.